The van der Waals surface area contributed by atoms with Crippen molar-refractivity contribution in [3.05, 3.63) is 42.0 Å². The molecule has 0 fully saturated rings. The van der Waals surface area contributed by atoms with Crippen LogP contribution in [0.4, 0.5) is 0 Å². The molecular formula is C15H17NO4. The maximum atomic E-state index is 12.1. The van der Waals surface area contributed by atoms with Gasteiger partial charge in [-0.2, -0.15) is 0 Å². The maximum absolute atomic E-state index is 12.1. The first kappa shape index (κ1) is 14.3. The molecule has 2 rings (SSSR count). The molecule has 0 aliphatic rings. The highest BCUT2D eigenvalue weighted by molar-refractivity contribution is 6.03. The number of aliphatic hydroxyl groups is 1. The molecule has 20 heavy (non-hydrogen) atoms. The van der Waals surface area contributed by atoms with E-state index in [1.165, 1.54) is 7.11 Å². The first-order valence-corrected chi connectivity index (χ1v) is 6.28. The van der Waals surface area contributed by atoms with Gasteiger partial charge in [0.2, 0.25) is 0 Å². The zero-order valence-electron chi connectivity index (χ0n) is 11.2. The molecule has 5 heteroatoms. The van der Waals surface area contributed by atoms with Crippen LogP contribution in [0.1, 0.15) is 10.4 Å². The molecule has 2 aromatic carbocycles. The molecule has 3 N–H and O–H groups in total. The van der Waals surface area contributed by atoms with Crippen LogP contribution in [0, 0.1) is 0 Å². The van der Waals surface area contributed by atoms with Gasteiger partial charge in [-0.15, -0.1) is 0 Å². The van der Waals surface area contributed by atoms with Crippen LogP contribution in [0.15, 0.2) is 36.4 Å². The zero-order valence-corrected chi connectivity index (χ0v) is 11.2. The highest BCUT2D eigenvalue weighted by Gasteiger charge is 2.17. The summed E-state index contributed by atoms with van der Waals surface area (Å²) < 4.78 is 4.89. The quantitative estimate of drug-likeness (QED) is 0.768. The summed E-state index contributed by atoms with van der Waals surface area (Å²) in [6.07, 6.45) is 0. The van der Waals surface area contributed by atoms with Crippen molar-refractivity contribution in [2.75, 3.05) is 20.3 Å². The highest BCUT2D eigenvalue weighted by atomic mass is 16.5. The van der Waals surface area contributed by atoms with E-state index in [4.69, 9.17) is 9.84 Å². The van der Waals surface area contributed by atoms with Crippen molar-refractivity contribution in [1.29, 1.82) is 0 Å². The number of methoxy groups -OCH3 is 1. The predicted molar refractivity (Wildman–Crippen MR) is 75.8 cm³/mol. The smallest absolute Gasteiger partial charge is 0.255 e. The molecule has 1 unspecified atom stereocenters. The summed E-state index contributed by atoms with van der Waals surface area (Å²) in [4.78, 5) is 12.1. The van der Waals surface area contributed by atoms with Crippen molar-refractivity contribution in [2.24, 2.45) is 0 Å². The van der Waals surface area contributed by atoms with E-state index in [9.17, 15) is 9.90 Å². The molecule has 0 aliphatic heterocycles. The van der Waals surface area contributed by atoms with E-state index in [0.717, 1.165) is 5.39 Å². The zero-order chi connectivity index (χ0) is 14.5. The minimum absolute atomic E-state index is 0.0605. The lowest BCUT2D eigenvalue weighted by Gasteiger charge is -2.16. The van der Waals surface area contributed by atoms with E-state index < -0.39 is 11.9 Å². The lowest BCUT2D eigenvalue weighted by atomic mass is 10.0. The molecule has 1 atom stereocenters. The standard InChI is InChI=1S/C15H17NO4/c1-20-9-11(8-17)16-15(19)13-7-6-10-4-2-3-5-12(10)14(13)18/h2-7,11,17-18H,8-9H2,1H3,(H,16,19). The monoisotopic (exact) mass is 275 g/mol. The fourth-order valence-corrected chi connectivity index (χ4v) is 2.04. The number of hydrogen-bond acceptors (Lipinski definition) is 4. The van der Waals surface area contributed by atoms with Crippen molar-refractivity contribution in [2.45, 2.75) is 6.04 Å². The Kier molecular flexibility index (Phi) is 4.55. The average molecular weight is 275 g/mol. The van der Waals surface area contributed by atoms with Crippen LogP contribution >= 0.6 is 0 Å². The van der Waals surface area contributed by atoms with Crippen LogP contribution in [0.2, 0.25) is 0 Å². The number of hydrogen-bond donors (Lipinski definition) is 3. The number of fused-ring (bicyclic) bond motifs is 1. The van der Waals surface area contributed by atoms with E-state index in [1.54, 1.807) is 24.3 Å². The molecule has 0 saturated heterocycles. The van der Waals surface area contributed by atoms with Crippen LogP contribution < -0.4 is 5.32 Å². The molecule has 2 aromatic rings. The van der Waals surface area contributed by atoms with Gasteiger partial charge in [-0.25, -0.2) is 0 Å². The molecule has 1 amide bonds. The number of aliphatic hydroxyl groups excluding tert-OH is 1. The number of carbonyl (C=O) groups is 1. The molecule has 0 aliphatic carbocycles. The average Bonchev–Trinajstić information content (AvgIpc) is 2.47. The summed E-state index contributed by atoms with van der Waals surface area (Å²) in [5.74, 6) is -0.501. The Bertz CT molecular complexity index is 612. The summed E-state index contributed by atoms with van der Waals surface area (Å²) in [6, 6.07) is 10.1. The SMILES string of the molecule is COCC(CO)NC(=O)c1ccc2ccccc2c1O. The number of phenolic OH excluding ortho intramolecular Hbond substituents is 1. The van der Waals surface area contributed by atoms with E-state index in [1.807, 2.05) is 12.1 Å². The van der Waals surface area contributed by atoms with Crippen molar-refractivity contribution in [3.63, 3.8) is 0 Å². The van der Waals surface area contributed by atoms with Crippen molar-refractivity contribution in [1.82, 2.24) is 5.32 Å². The number of carbonyl (C=O) groups excluding carboxylic acids is 1. The number of amides is 1. The van der Waals surface area contributed by atoms with Gasteiger partial charge >= 0.3 is 0 Å². The Morgan fingerprint density at radius 2 is 2.05 bits per heavy atom. The number of nitrogens with one attached hydrogen (secondary N) is 1. The second kappa shape index (κ2) is 6.36. The summed E-state index contributed by atoms with van der Waals surface area (Å²) >= 11 is 0. The third-order valence-electron chi connectivity index (χ3n) is 3.07. The Morgan fingerprint density at radius 3 is 2.75 bits per heavy atom. The number of phenols is 1. The van der Waals surface area contributed by atoms with Crippen LogP contribution in [0.5, 0.6) is 5.75 Å². The van der Waals surface area contributed by atoms with Gasteiger partial charge in [-0.05, 0) is 11.5 Å². The predicted octanol–water partition coefficient (Wildman–Crippen LogP) is 1.28. The molecule has 5 nitrogen and oxygen atoms in total. The van der Waals surface area contributed by atoms with Gasteiger partial charge in [-0.1, -0.05) is 30.3 Å². The topological polar surface area (TPSA) is 78.8 Å². The van der Waals surface area contributed by atoms with Crippen LogP contribution in [0.3, 0.4) is 0 Å². The Hall–Kier alpha value is -2.11. The van der Waals surface area contributed by atoms with Crippen molar-refractivity contribution >= 4 is 16.7 Å². The minimum atomic E-state index is -0.502. The fraction of sp³-hybridized carbons (Fsp3) is 0.267. The third kappa shape index (κ3) is 2.89. The maximum Gasteiger partial charge on any atom is 0.255 e. The summed E-state index contributed by atoms with van der Waals surface area (Å²) in [5.41, 5.74) is 0.179. The van der Waals surface area contributed by atoms with Crippen molar-refractivity contribution < 1.29 is 19.7 Å². The van der Waals surface area contributed by atoms with Crippen LogP contribution in [0.25, 0.3) is 10.8 Å². The molecule has 0 bridgehead atoms. The number of rotatable bonds is 5. The lowest BCUT2D eigenvalue weighted by Crippen LogP contribution is -2.40. The van der Waals surface area contributed by atoms with E-state index in [0.29, 0.717) is 5.39 Å². The molecule has 0 spiro atoms. The molecule has 0 radical (unpaired) electrons. The minimum Gasteiger partial charge on any atom is -0.506 e. The van der Waals surface area contributed by atoms with Gasteiger partial charge in [0, 0.05) is 12.5 Å². The molecular weight excluding hydrogens is 258 g/mol. The van der Waals surface area contributed by atoms with E-state index in [2.05, 4.69) is 5.32 Å². The fourth-order valence-electron chi connectivity index (χ4n) is 2.04. The first-order chi connectivity index (χ1) is 9.67. The Labute approximate surface area is 116 Å². The normalized spacial score (nSPS) is 12.3. The lowest BCUT2D eigenvalue weighted by molar-refractivity contribution is 0.0837. The third-order valence-corrected chi connectivity index (χ3v) is 3.07. The van der Waals surface area contributed by atoms with E-state index >= 15 is 0 Å². The summed E-state index contributed by atoms with van der Waals surface area (Å²) in [6.45, 7) is -0.0233. The van der Waals surface area contributed by atoms with Gasteiger partial charge in [0.05, 0.1) is 24.8 Å². The van der Waals surface area contributed by atoms with Crippen molar-refractivity contribution in [3.8, 4) is 5.75 Å². The molecule has 0 saturated carbocycles. The van der Waals surface area contributed by atoms with Crippen LogP contribution in [-0.2, 0) is 4.74 Å². The van der Waals surface area contributed by atoms with Gasteiger partial charge < -0.3 is 20.3 Å². The number of aromatic hydroxyl groups is 1. The Balaban J connectivity index is 2.28. The molecule has 106 valence electrons. The Morgan fingerprint density at radius 1 is 1.30 bits per heavy atom. The summed E-state index contributed by atoms with van der Waals surface area (Å²) in [5, 5.41) is 23.4. The summed E-state index contributed by atoms with van der Waals surface area (Å²) in [7, 11) is 1.49. The molecule has 0 heterocycles. The molecule has 0 aromatic heterocycles. The van der Waals surface area contributed by atoms with Gasteiger partial charge in [-0.3, -0.25) is 4.79 Å². The van der Waals surface area contributed by atoms with Gasteiger partial charge in [0.25, 0.3) is 5.91 Å². The largest absolute Gasteiger partial charge is 0.506 e. The van der Waals surface area contributed by atoms with Gasteiger partial charge in [0.1, 0.15) is 5.75 Å². The van der Waals surface area contributed by atoms with Crippen LogP contribution in [-0.4, -0.2) is 42.5 Å². The van der Waals surface area contributed by atoms with Gasteiger partial charge in [0.15, 0.2) is 0 Å². The van der Waals surface area contributed by atoms with E-state index in [-0.39, 0.29) is 24.5 Å². The number of benzene rings is 2. The highest BCUT2D eigenvalue weighted by Crippen LogP contribution is 2.28. The second-order valence-corrected chi connectivity index (χ2v) is 4.49. The first-order valence-electron chi connectivity index (χ1n) is 6.28. The number of ether oxygens (including phenoxy) is 1. The second-order valence-electron chi connectivity index (χ2n) is 4.49.